The van der Waals surface area contributed by atoms with E-state index in [0.29, 0.717) is 11.1 Å². The largest absolute Gasteiger partial charge is 0.481 e. The summed E-state index contributed by atoms with van der Waals surface area (Å²) in [6, 6.07) is 1.31. The van der Waals surface area contributed by atoms with Gasteiger partial charge in [-0.05, 0) is 17.7 Å². The summed E-state index contributed by atoms with van der Waals surface area (Å²) in [5.74, 6) is -1.93. The SMILES string of the molecule is CSc1sc(-c2ccn[nH]2)c2c1C(=O)NC(C(C)(C)C)C2C(=O)O. The van der Waals surface area contributed by atoms with Crippen LogP contribution in [0.3, 0.4) is 0 Å². The Balaban J connectivity index is 2.30. The Morgan fingerprint density at radius 1 is 1.42 bits per heavy atom. The molecule has 6 nitrogen and oxygen atoms in total. The van der Waals surface area contributed by atoms with Gasteiger partial charge in [-0.15, -0.1) is 23.1 Å². The average molecular weight is 365 g/mol. The average Bonchev–Trinajstić information content (AvgIpc) is 3.12. The van der Waals surface area contributed by atoms with Crippen molar-refractivity contribution in [1.82, 2.24) is 15.5 Å². The number of hydrogen-bond acceptors (Lipinski definition) is 5. The number of thiophene rings is 1. The van der Waals surface area contributed by atoms with Gasteiger partial charge in [-0.25, -0.2) is 0 Å². The molecule has 24 heavy (non-hydrogen) atoms. The molecule has 3 N–H and O–H groups in total. The molecular formula is C16H19N3O3S2. The number of carbonyl (C=O) groups is 2. The van der Waals surface area contributed by atoms with Crippen molar-refractivity contribution in [2.24, 2.45) is 5.41 Å². The number of carboxylic acids is 1. The van der Waals surface area contributed by atoms with E-state index in [0.717, 1.165) is 14.8 Å². The molecule has 1 aliphatic heterocycles. The second kappa shape index (κ2) is 5.93. The number of hydrogen-bond donors (Lipinski definition) is 3. The number of rotatable bonds is 3. The molecule has 0 saturated carbocycles. The van der Waals surface area contributed by atoms with Crippen LogP contribution in [0, 0.1) is 5.41 Å². The van der Waals surface area contributed by atoms with Gasteiger partial charge in [0.25, 0.3) is 5.91 Å². The maximum absolute atomic E-state index is 12.7. The van der Waals surface area contributed by atoms with Gasteiger partial charge in [0.15, 0.2) is 0 Å². The number of thioether (sulfide) groups is 1. The van der Waals surface area contributed by atoms with E-state index in [1.165, 1.54) is 23.1 Å². The van der Waals surface area contributed by atoms with Crippen molar-refractivity contribution >= 4 is 35.0 Å². The van der Waals surface area contributed by atoms with E-state index in [9.17, 15) is 14.7 Å². The standard InChI is InChI=1S/C16H19N3O3S2/c1-16(2,3)12-9(14(21)22)8-10(13(20)18-12)15(23-4)24-11(8)7-5-6-17-19-7/h5-6,9,12H,1-4H3,(H,17,19)(H,18,20)(H,21,22). The van der Waals surface area contributed by atoms with Crippen LogP contribution in [0.15, 0.2) is 16.5 Å². The monoisotopic (exact) mass is 365 g/mol. The van der Waals surface area contributed by atoms with Crippen LogP contribution in [0.2, 0.25) is 0 Å². The Labute approximate surface area is 148 Å². The third-order valence-electron chi connectivity index (χ3n) is 4.20. The molecule has 0 saturated heterocycles. The molecule has 0 fully saturated rings. The van der Waals surface area contributed by atoms with Gasteiger partial charge in [0.05, 0.1) is 26.4 Å². The van der Waals surface area contributed by atoms with Crippen LogP contribution in [-0.2, 0) is 4.79 Å². The predicted molar refractivity (Wildman–Crippen MR) is 94.8 cm³/mol. The second-order valence-corrected chi connectivity index (χ2v) is 8.91. The number of aromatic amines is 1. The Bertz CT molecular complexity index is 790. The number of carboxylic acid groups (broad SMARTS) is 1. The van der Waals surface area contributed by atoms with Crippen molar-refractivity contribution in [3.63, 3.8) is 0 Å². The Kier molecular flexibility index (Phi) is 4.21. The van der Waals surface area contributed by atoms with Crippen LogP contribution in [0.1, 0.15) is 42.6 Å². The first-order chi connectivity index (χ1) is 11.3. The van der Waals surface area contributed by atoms with E-state index < -0.39 is 17.9 Å². The molecule has 0 aromatic carbocycles. The molecule has 0 aliphatic carbocycles. The molecule has 128 valence electrons. The van der Waals surface area contributed by atoms with Crippen LogP contribution in [-0.4, -0.2) is 39.5 Å². The van der Waals surface area contributed by atoms with Gasteiger partial charge < -0.3 is 10.4 Å². The topological polar surface area (TPSA) is 95.1 Å². The second-order valence-electron chi connectivity index (χ2n) is 6.81. The lowest BCUT2D eigenvalue weighted by molar-refractivity contribution is -0.140. The maximum Gasteiger partial charge on any atom is 0.313 e. The zero-order valence-electron chi connectivity index (χ0n) is 13.8. The van der Waals surface area contributed by atoms with Crippen LogP contribution >= 0.6 is 23.1 Å². The highest BCUT2D eigenvalue weighted by atomic mass is 32.2. The molecule has 2 aromatic rings. The first-order valence-corrected chi connectivity index (χ1v) is 9.54. The molecule has 2 unspecified atom stereocenters. The summed E-state index contributed by atoms with van der Waals surface area (Å²) in [5.41, 5.74) is 1.45. The molecule has 0 radical (unpaired) electrons. The van der Waals surface area contributed by atoms with Crippen molar-refractivity contribution in [2.75, 3.05) is 6.26 Å². The predicted octanol–water partition coefficient (Wildman–Crippen LogP) is 3.19. The number of H-pyrrole nitrogens is 1. The summed E-state index contributed by atoms with van der Waals surface area (Å²) < 4.78 is 0.825. The summed E-state index contributed by atoms with van der Waals surface area (Å²) >= 11 is 2.90. The van der Waals surface area contributed by atoms with Crippen LogP contribution in [0.5, 0.6) is 0 Å². The first kappa shape index (κ1) is 17.0. The van der Waals surface area contributed by atoms with E-state index >= 15 is 0 Å². The summed E-state index contributed by atoms with van der Waals surface area (Å²) in [7, 11) is 0. The van der Waals surface area contributed by atoms with E-state index in [1.54, 1.807) is 12.3 Å². The molecule has 8 heteroatoms. The fraction of sp³-hybridized carbons (Fsp3) is 0.438. The lowest BCUT2D eigenvalue weighted by atomic mass is 9.73. The third kappa shape index (κ3) is 2.63. The lowest BCUT2D eigenvalue weighted by Crippen LogP contribution is -2.53. The van der Waals surface area contributed by atoms with Gasteiger partial charge in [0.1, 0.15) is 5.92 Å². The number of nitrogens with zero attached hydrogens (tertiary/aromatic N) is 1. The van der Waals surface area contributed by atoms with Crippen LogP contribution < -0.4 is 5.32 Å². The van der Waals surface area contributed by atoms with E-state index in [4.69, 9.17) is 0 Å². The number of amides is 1. The Hall–Kier alpha value is -1.80. The fourth-order valence-electron chi connectivity index (χ4n) is 3.11. The molecule has 2 atom stereocenters. The molecule has 3 heterocycles. The van der Waals surface area contributed by atoms with Gasteiger partial charge in [-0.3, -0.25) is 14.7 Å². The van der Waals surface area contributed by atoms with E-state index in [2.05, 4.69) is 15.5 Å². The highest BCUT2D eigenvalue weighted by Crippen LogP contribution is 2.48. The quantitative estimate of drug-likeness (QED) is 0.726. The smallest absolute Gasteiger partial charge is 0.313 e. The summed E-state index contributed by atoms with van der Waals surface area (Å²) in [5, 5.41) is 19.7. The number of fused-ring (bicyclic) bond motifs is 1. The minimum atomic E-state index is -0.928. The van der Waals surface area contributed by atoms with Crippen molar-refractivity contribution in [3.8, 4) is 10.6 Å². The number of aliphatic carboxylic acids is 1. The van der Waals surface area contributed by atoms with Gasteiger partial charge in [-0.2, -0.15) is 5.10 Å². The zero-order chi connectivity index (χ0) is 17.6. The molecule has 0 bridgehead atoms. The van der Waals surface area contributed by atoms with Gasteiger partial charge in [-0.1, -0.05) is 20.8 Å². The third-order valence-corrected chi connectivity index (χ3v) is 6.56. The number of carbonyl (C=O) groups excluding carboxylic acids is 1. The summed E-state index contributed by atoms with van der Waals surface area (Å²) in [4.78, 5) is 25.6. The van der Waals surface area contributed by atoms with Gasteiger partial charge in [0, 0.05) is 11.8 Å². The summed E-state index contributed by atoms with van der Waals surface area (Å²) in [6.45, 7) is 5.82. The Morgan fingerprint density at radius 3 is 2.62 bits per heavy atom. The Morgan fingerprint density at radius 2 is 2.12 bits per heavy atom. The van der Waals surface area contributed by atoms with Crippen LogP contribution in [0.4, 0.5) is 0 Å². The van der Waals surface area contributed by atoms with Crippen molar-refractivity contribution < 1.29 is 14.7 Å². The number of nitrogens with one attached hydrogen (secondary N) is 2. The minimum absolute atomic E-state index is 0.200. The maximum atomic E-state index is 12.7. The molecule has 3 rings (SSSR count). The van der Waals surface area contributed by atoms with Crippen LogP contribution in [0.25, 0.3) is 10.6 Å². The van der Waals surface area contributed by atoms with Crippen molar-refractivity contribution in [1.29, 1.82) is 0 Å². The molecule has 1 aliphatic rings. The van der Waals surface area contributed by atoms with Gasteiger partial charge in [0.2, 0.25) is 0 Å². The molecule has 1 amide bonds. The van der Waals surface area contributed by atoms with Crippen molar-refractivity contribution in [2.45, 2.75) is 36.9 Å². The van der Waals surface area contributed by atoms with E-state index in [1.807, 2.05) is 27.0 Å². The number of aromatic nitrogens is 2. The first-order valence-electron chi connectivity index (χ1n) is 7.49. The zero-order valence-corrected chi connectivity index (χ0v) is 15.5. The highest BCUT2D eigenvalue weighted by molar-refractivity contribution is 8.00. The molecule has 2 aromatic heterocycles. The normalized spacial score (nSPS) is 20.6. The lowest BCUT2D eigenvalue weighted by Gasteiger charge is -2.39. The van der Waals surface area contributed by atoms with Gasteiger partial charge >= 0.3 is 5.97 Å². The fourth-order valence-corrected chi connectivity index (χ4v) is 5.15. The molecular weight excluding hydrogens is 346 g/mol. The summed E-state index contributed by atoms with van der Waals surface area (Å²) in [6.07, 6.45) is 3.52. The highest BCUT2D eigenvalue weighted by Gasteiger charge is 2.47. The van der Waals surface area contributed by atoms with E-state index in [-0.39, 0.29) is 11.3 Å². The molecule has 0 spiro atoms. The minimum Gasteiger partial charge on any atom is -0.481 e. The van der Waals surface area contributed by atoms with Crippen molar-refractivity contribution in [3.05, 3.63) is 23.4 Å².